The monoisotopic (exact) mass is 619 g/mol. The second-order valence-electron chi connectivity index (χ2n) is 13.5. The fourth-order valence-electron chi connectivity index (χ4n) is 5.17. The molecule has 1 aromatic carbocycles. The van der Waals surface area contributed by atoms with Crippen LogP contribution in [-0.4, -0.2) is 103 Å². The van der Waals surface area contributed by atoms with E-state index in [0.29, 0.717) is 30.8 Å². The molecule has 3 atom stereocenters. The van der Waals surface area contributed by atoms with Crippen molar-refractivity contribution in [1.29, 1.82) is 0 Å². The number of carbonyl (C=O) groups is 4. The number of hydrogen-bond acceptors (Lipinski definition) is 11. The number of hydrogen-bond donors (Lipinski definition) is 1. The van der Waals surface area contributed by atoms with E-state index in [2.05, 4.69) is 4.90 Å². The second-order valence-corrected chi connectivity index (χ2v) is 13.5. The Labute approximate surface area is 260 Å². The van der Waals surface area contributed by atoms with Crippen molar-refractivity contribution in [2.24, 2.45) is 5.73 Å². The van der Waals surface area contributed by atoms with Crippen molar-refractivity contribution < 1.29 is 42.9 Å². The van der Waals surface area contributed by atoms with Crippen molar-refractivity contribution in [1.82, 2.24) is 9.80 Å². The molecule has 2 N–H and O–H groups in total. The van der Waals surface area contributed by atoms with Gasteiger partial charge >= 0.3 is 24.0 Å². The summed E-state index contributed by atoms with van der Waals surface area (Å²) in [7, 11) is 1.16. The molecule has 3 unspecified atom stereocenters. The van der Waals surface area contributed by atoms with Gasteiger partial charge in [0, 0.05) is 13.0 Å². The molecule has 1 amide bonds. The molecular formula is C32H49N3O9. The van der Waals surface area contributed by atoms with Gasteiger partial charge < -0.3 is 34.3 Å². The normalized spacial score (nSPS) is 19.9. The van der Waals surface area contributed by atoms with E-state index in [-0.39, 0.29) is 19.0 Å². The largest absolute Gasteiger partial charge is 0.490 e. The van der Waals surface area contributed by atoms with Crippen molar-refractivity contribution in [3.05, 3.63) is 29.8 Å². The van der Waals surface area contributed by atoms with Crippen LogP contribution in [0.1, 0.15) is 72.8 Å². The Hall–Kier alpha value is -3.38. The van der Waals surface area contributed by atoms with Crippen LogP contribution in [0, 0.1) is 0 Å². The number of piperidine rings is 1. The van der Waals surface area contributed by atoms with Crippen LogP contribution in [0.25, 0.3) is 0 Å². The molecule has 0 saturated carbocycles. The first-order chi connectivity index (χ1) is 20.5. The summed E-state index contributed by atoms with van der Waals surface area (Å²) in [5, 5.41) is 0. The number of rotatable bonds is 12. The minimum absolute atomic E-state index is 0.129. The van der Waals surface area contributed by atoms with Gasteiger partial charge in [0.1, 0.15) is 29.6 Å². The quantitative estimate of drug-likeness (QED) is 0.209. The van der Waals surface area contributed by atoms with Gasteiger partial charge in [-0.3, -0.25) is 9.69 Å². The maximum atomic E-state index is 13.0. The minimum atomic E-state index is -2.01. The van der Waals surface area contributed by atoms with Gasteiger partial charge in [-0.15, -0.1) is 0 Å². The van der Waals surface area contributed by atoms with Gasteiger partial charge in [-0.2, -0.15) is 0 Å². The highest BCUT2D eigenvalue weighted by atomic mass is 16.6. The number of ether oxygens (including phenoxy) is 5. The maximum absolute atomic E-state index is 13.0. The molecule has 2 saturated heterocycles. The number of cyclic esters (lactones) is 1. The molecule has 0 aliphatic carbocycles. The Morgan fingerprint density at radius 2 is 1.57 bits per heavy atom. The number of likely N-dealkylation sites (tertiary alicyclic amines) is 1. The number of benzene rings is 1. The van der Waals surface area contributed by atoms with E-state index >= 15 is 0 Å². The average Bonchev–Trinajstić information content (AvgIpc) is 3.29. The predicted molar refractivity (Wildman–Crippen MR) is 162 cm³/mol. The van der Waals surface area contributed by atoms with E-state index in [1.54, 1.807) is 49.9 Å². The van der Waals surface area contributed by atoms with Crippen LogP contribution in [0.3, 0.4) is 0 Å². The lowest BCUT2D eigenvalue weighted by atomic mass is 9.91. The van der Waals surface area contributed by atoms with E-state index < -0.39 is 46.9 Å². The molecule has 0 spiro atoms. The summed E-state index contributed by atoms with van der Waals surface area (Å²) in [4.78, 5) is 54.6. The molecular weight excluding hydrogens is 570 g/mol. The Kier molecular flexibility index (Phi) is 11.6. The third-order valence-corrected chi connectivity index (χ3v) is 7.29. The number of nitrogens with two attached hydrogens (primary N) is 1. The lowest BCUT2D eigenvalue weighted by molar-refractivity contribution is -0.170. The summed E-state index contributed by atoms with van der Waals surface area (Å²) < 4.78 is 27.2. The first-order valence-corrected chi connectivity index (χ1v) is 15.3. The van der Waals surface area contributed by atoms with Crippen LogP contribution in [0.15, 0.2) is 24.3 Å². The molecule has 2 heterocycles. The third kappa shape index (κ3) is 10.1. The predicted octanol–water partition coefficient (Wildman–Crippen LogP) is 3.23. The van der Waals surface area contributed by atoms with Crippen LogP contribution in [0.2, 0.25) is 0 Å². The Balaban J connectivity index is 1.55. The maximum Gasteiger partial charge on any atom is 0.410 e. The van der Waals surface area contributed by atoms with Gasteiger partial charge in [-0.25, -0.2) is 14.4 Å². The van der Waals surface area contributed by atoms with Gasteiger partial charge in [-0.1, -0.05) is 18.6 Å². The molecule has 12 heteroatoms. The highest BCUT2D eigenvalue weighted by molar-refractivity contribution is 6.05. The summed E-state index contributed by atoms with van der Waals surface area (Å²) in [6, 6.07) is 6.32. The van der Waals surface area contributed by atoms with Gasteiger partial charge in [0.2, 0.25) is 5.54 Å². The topological polar surface area (TPSA) is 147 Å². The summed E-state index contributed by atoms with van der Waals surface area (Å²) in [5.74, 6) is -1.53. The van der Waals surface area contributed by atoms with Gasteiger partial charge in [0.25, 0.3) is 0 Å². The van der Waals surface area contributed by atoms with E-state index in [1.165, 1.54) is 0 Å². The van der Waals surface area contributed by atoms with Crippen LogP contribution in [0.4, 0.5) is 4.79 Å². The zero-order chi connectivity index (χ0) is 32.7. The SMILES string of the molecule is COC(=O)C(N)(Cc1ccc(OCC2CN(CCC(C(=O)OC(C)(C)C)N3CCCCC3)C(=O)O2)cc1)C(=O)OC(C)(C)C. The summed E-state index contributed by atoms with van der Waals surface area (Å²) in [5.41, 5.74) is 3.37. The van der Waals surface area contributed by atoms with Crippen molar-refractivity contribution in [2.45, 2.75) is 103 Å². The number of carbonyl (C=O) groups excluding carboxylic acids is 4. The van der Waals surface area contributed by atoms with Crippen molar-refractivity contribution >= 4 is 24.0 Å². The Morgan fingerprint density at radius 1 is 0.955 bits per heavy atom. The molecule has 44 heavy (non-hydrogen) atoms. The van der Waals surface area contributed by atoms with Crippen molar-refractivity contribution in [2.75, 3.05) is 39.9 Å². The first-order valence-electron chi connectivity index (χ1n) is 15.3. The van der Waals surface area contributed by atoms with Crippen LogP contribution in [0.5, 0.6) is 5.75 Å². The van der Waals surface area contributed by atoms with Crippen LogP contribution >= 0.6 is 0 Å². The highest BCUT2D eigenvalue weighted by Gasteiger charge is 2.46. The Morgan fingerprint density at radius 3 is 2.14 bits per heavy atom. The standard InChI is InChI=1S/C32H49N3O9/c1-30(2,3)43-26(36)25(34-16-9-8-10-17-34)15-18-35-20-24(42-29(35)39)21-41-23-13-11-22(12-14-23)19-32(33,27(37)40-7)28(38)44-31(4,5)6/h11-14,24-25H,8-10,15-21,33H2,1-7H3. The first kappa shape index (κ1) is 35.1. The molecule has 2 fully saturated rings. The number of esters is 3. The molecule has 12 nitrogen and oxygen atoms in total. The van der Waals surface area contributed by atoms with Crippen molar-refractivity contribution in [3.8, 4) is 5.75 Å². The highest BCUT2D eigenvalue weighted by Crippen LogP contribution is 2.23. The molecule has 0 aromatic heterocycles. The van der Waals surface area contributed by atoms with E-state index in [4.69, 9.17) is 29.4 Å². The molecule has 0 bridgehead atoms. The van der Waals surface area contributed by atoms with E-state index in [1.807, 2.05) is 20.8 Å². The number of nitrogens with zero attached hydrogens (tertiary/aromatic N) is 2. The Bertz CT molecular complexity index is 1150. The minimum Gasteiger partial charge on any atom is -0.490 e. The lowest BCUT2D eigenvalue weighted by Gasteiger charge is -2.35. The summed E-state index contributed by atoms with van der Waals surface area (Å²) in [6.07, 6.45) is 2.61. The summed E-state index contributed by atoms with van der Waals surface area (Å²) in [6.45, 7) is 13.1. The zero-order valence-electron chi connectivity index (χ0n) is 27.2. The third-order valence-electron chi connectivity index (χ3n) is 7.29. The van der Waals surface area contributed by atoms with E-state index in [0.717, 1.165) is 39.5 Å². The molecule has 0 radical (unpaired) electrons. The second kappa shape index (κ2) is 14.6. The van der Waals surface area contributed by atoms with Crippen LogP contribution in [-0.2, 0) is 39.8 Å². The van der Waals surface area contributed by atoms with Gasteiger partial charge in [-0.05, 0) is 91.6 Å². The number of amides is 1. The van der Waals surface area contributed by atoms with Crippen molar-refractivity contribution in [3.63, 3.8) is 0 Å². The average molecular weight is 620 g/mol. The molecule has 2 aliphatic rings. The fourth-order valence-corrected chi connectivity index (χ4v) is 5.17. The van der Waals surface area contributed by atoms with Gasteiger partial charge in [0.15, 0.2) is 6.10 Å². The van der Waals surface area contributed by atoms with Gasteiger partial charge in [0.05, 0.1) is 13.7 Å². The van der Waals surface area contributed by atoms with E-state index in [9.17, 15) is 19.2 Å². The van der Waals surface area contributed by atoms with Crippen LogP contribution < -0.4 is 10.5 Å². The molecule has 2 aliphatic heterocycles. The zero-order valence-corrected chi connectivity index (χ0v) is 27.2. The smallest absolute Gasteiger partial charge is 0.410 e. The number of methoxy groups -OCH3 is 1. The fraction of sp³-hybridized carbons (Fsp3) is 0.688. The molecule has 3 rings (SSSR count). The molecule has 1 aromatic rings. The molecule has 246 valence electrons. The lowest BCUT2D eigenvalue weighted by Crippen LogP contribution is -2.59. The summed E-state index contributed by atoms with van der Waals surface area (Å²) >= 11 is 0.